The lowest BCUT2D eigenvalue weighted by atomic mass is 10.1. The van der Waals surface area contributed by atoms with Crippen molar-refractivity contribution in [1.82, 2.24) is 10.6 Å². The molecule has 0 radical (unpaired) electrons. The molecule has 2 N–H and O–H groups in total. The zero-order chi connectivity index (χ0) is 18.5. The summed E-state index contributed by atoms with van der Waals surface area (Å²) in [5.74, 6) is 2.60. The molecule has 0 saturated heterocycles. The van der Waals surface area contributed by atoms with E-state index in [4.69, 9.17) is 13.9 Å². The highest BCUT2D eigenvalue weighted by Gasteiger charge is 2.03. The van der Waals surface area contributed by atoms with Gasteiger partial charge in [-0.25, -0.2) is 0 Å². The third-order valence-corrected chi connectivity index (χ3v) is 3.77. The maximum Gasteiger partial charge on any atom is 0.190 e. The van der Waals surface area contributed by atoms with Crippen LogP contribution in [0.15, 0.2) is 52.1 Å². The third kappa shape index (κ3) is 7.19. The minimum atomic E-state index is 0.513. The zero-order valence-electron chi connectivity index (χ0n) is 15.7. The molecular weight excluding hydrogens is 330 g/mol. The number of ether oxygens (including phenoxy) is 2. The van der Waals surface area contributed by atoms with Gasteiger partial charge in [-0.1, -0.05) is 18.2 Å². The summed E-state index contributed by atoms with van der Waals surface area (Å²) in [4.78, 5) is 4.24. The fourth-order valence-corrected chi connectivity index (χ4v) is 2.49. The van der Waals surface area contributed by atoms with Crippen molar-refractivity contribution < 1.29 is 13.9 Å². The van der Waals surface area contributed by atoms with Gasteiger partial charge in [0.1, 0.15) is 18.1 Å². The Balaban J connectivity index is 1.59. The number of hydrogen-bond donors (Lipinski definition) is 2. The predicted molar refractivity (Wildman–Crippen MR) is 104 cm³/mol. The highest BCUT2D eigenvalue weighted by Crippen LogP contribution is 2.17. The Morgan fingerprint density at radius 1 is 1.12 bits per heavy atom. The smallest absolute Gasteiger partial charge is 0.190 e. The molecule has 2 aromatic rings. The Bertz CT molecular complexity index is 642. The quantitative estimate of drug-likeness (QED) is 0.367. The fraction of sp³-hybridized carbons (Fsp3) is 0.450. The summed E-state index contributed by atoms with van der Waals surface area (Å²) in [6, 6.07) is 11.9. The van der Waals surface area contributed by atoms with Crippen molar-refractivity contribution in [3.8, 4) is 5.75 Å². The van der Waals surface area contributed by atoms with Crippen LogP contribution in [0.2, 0.25) is 0 Å². The van der Waals surface area contributed by atoms with Gasteiger partial charge in [-0.05, 0) is 43.5 Å². The number of hydrogen-bond acceptors (Lipinski definition) is 4. The van der Waals surface area contributed by atoms with Crippen LogP contribution in [0.1, 0.15) is 24.7 Å². The number of benzene rings is 1. The molecule has 0 aliphatic rings. The molecule has 6 nitrogen and oxygen atoms in total. The highest BCUT2D eigenvalue weighted by molar-refractivity contribution is 5.79. The summed E-state index contributed by atoms with van der Waals surface area (Å²) in [5.41, 5.74) is 1.20. The van der Waals surface area contributed by atoms with Crippen molar-refractivity contribution in [2.45, 2.75) is 26.4 Å². The van der Waals surface area contributed by atoms with Crippen molar-refractivity contribution in [3.63, 3.8) is 0 Å². The fourth-order valence-electron chi connectivity index (χ4n) is 2.49. The summed E-state index contributed by atoms with van der Waals surface area (Å²) >= 11 is 0. The van der Waals surface area contributed by atoms with E-state index < -0.39 is 0 Å². The monoisotopic (exact) mass is 359 g/mol. The molecule has 0 bridgehead atoms. The van der Waals surface area contributed by atoms with Crippen LogP contribution in [-0.4, -0.2) is 39.3 Å². The summed E-state index contributed by atoms with van der Waals surface area (Å²) in [5, 5.41) is 6.62. The van der Waals surface area contributed by atoms with Crippen molar-refractivity contribution >= 4 is 5.96 Å². The number of nitrogens with zero attached hydrogens (tertiary/aromatic N) is 1. The van der Waals surface area contributed by atoms with Crippen LogP contribution in [0.3, 0.4) is 0 Å². The summed E-state index contributed by atoms with van der Waals surface area (Å²) < 4.78 is 16.4. The van der Waals surface area contributed by atoms with E-state index >= 15 is 0 Å². The molecule has 0 atom stereocenters. The lowest BCUT2D eigenvalue weighted by Gasteiger charge is -2.13. The summed E-state index contributed by atoms with van der Waals surface area (Å²) in [6.07, 6.45) is 3.43. The van der Waals surface area contributed by atoms with E-state index in [1.54, 1.807) is 13.3 Å². The van der Waals surface area contributed by atoms with Gasteiger partial charge in [0.05, 0.1) is 12.9 Å². The molecule has 0 aliphatic heterocycles. The normalized spacial score (nSPS) is 11.4. The number of rotatable bonds is 11. The number of furan rings is 1. The summed E-state index contributed by atoms with van der Waals surface area (Å²) in [7, 11) is 1.77. The second-order valence-corrected chi connectivity index (χ2v) is 5.70. The second kappa shape index (κ2) is 12.0. The highest BCUT2D eigenvalue weighted by atomic mass is 16.5. The largest absolute Gasteiger partial charge is 0.494 e. The van der Waals surface area contributed by atoms with Crippen LogP contribution >= 0.6 is 0 Å². The first-order chi connectivity index (χ1) is 12.8. The van der Waals surface area contributed by atoms with Gasteiger partial charge < -0.3 is 24.5 Å². The van der Waals surface area contributed by atoms with E-state index in [0.717, 1.165) is 43.4 Å². The van der Waals surface area contributed by atoms with Crippen molar-refractivity contribution in [2.24, 2.45) is 4.99 Å². The molecular formula is C20H29N3O3. The maximum atomic E-state index is 5.66. The predicted octanol–water partition coefficient (Wildman–Crippen LogP) is 2.99. The number of para-hydroxylation sites is 1. The van der Waals surface area contributed by atoms with Crippen molar-refractivity contribution in [2.75, 3.05) is 33.4 Å². The van der Waals surface area contributed by atoms with Gasteiger partial charge in [-0.2, -0.15) is 0 Å². The third-order valence-electron chi connectivity index (χ3n) is 3.77. The van der Waals surface area contributed by atoms with Gasteiger partial charge in [-0.3, -0.25) is 4.99 Å². The number of aliphatic imine (C=N–C) groups is 1. The van der Waals surface area contributed by atoms with Crippen LogP contribution in [-0.2, 0) is 17.8 Å². The van der Waals surface area contributed by atoms with Gasteiger partial charge >= 0.3 is 0 Å². The molecule has 0 saturated carbocycles. The van der Waals surface area contributed by atoms with Gasteiger partial charge in [0.2, 0.25) is 0 Å². The molecule has 142 valence electrons. The SMILES string of the molecule is CCOc1ccccc1CCNC(=NC)NCCCOCc1ccco1. The van der Waals surface area contributed by atoms with E-state index in [1.165, 1.54) is 5.56 Å². The molecule has 1 aromatic carbocycles. The number of nitrogens with one attached hydrogen (secondary N) is 2. The van der Waals surface area contributed by atoms with Gasteiger partial charge in [0.15, 0.2) is 5.96 Å². The average molecular weight is 359 g/mol. The van der Waals surface area contributed by atoms with E-state index in [9.17, 15) is 0 Å². The molecule has 6 heteroatoms. The lowest BCUT2D eigenvalue weighted by Crippen LogP contribution is -2.39. The van der Waals surface area contributed by atoms with Crippen LogP contribution < -0.4 is 15.4 Å². The zero-order valence-corrected chi connectivity index (χ0v) is 15.7. The van der Waals surface area contributed by atoms with Crippen LogP contribution in [0.4, 0.5) is 0 Å². The summed E-state index contributed by atoms with van der Waals surface area (Å²) in [6.45, 7) is 5.45. The van der Waals surface area contributed by atoms with E-state index in [-0.39, 0.29) is 0 Å². The van der Waals surface area contributed by atoms with Crippen LogP contribution in [0.25, 0.3) is 0 Å². The van der Waals surface area contributed by atoms with Crippen LogP contribution in [0, 0.1) is 0 Å². The Hall–Kier alpha value is -2.47. The Labute approximate surface area is 155 Å². The Kier molecular flexibility index (Phi) is 9.14. The Morgan fingerprint density at radius 2 is 1.96 bits per heavy atom. The van der Waals surface area contributed by atoms with Gasteiger partial charge in [0.25, 0.3) is 0 Å². The Morgan fingerprint density at radius 3 is 2.73 bits per heavy atom. The minimum absolute atomic E-state index is 0.513. The first-order valence-electron chi connectivity index (χ1n) is 9.08. The maximum absolute atomic E-state index is 5.66. The molecule has 0 fully saturated rings. The molecule has 0 amide bonds. The molecule has 1 heterocycles. The molecule has 0 spiro atoms. The molecule has 1 aromatic heterocycles. The van der Waals surface area contributed by atoms with Gasteiger partial charge in [0, 0.05) is 26.7 Å². The molecule has 2 rings (SSSR count). The van der Waals surface area contributed by atoms with Crippen molar-refractivity contribution in [1.29, 1.82) is 0 Å². The average Bonchev–Trinajstić information content (AvgIpc) is 3.18. The first-order valence-corrected chi connectivity index (χ1v) is 9.08. The second-order valence-electron chi connectivity index (χ2n) is 5.70. The van der Waals surface area contributed by atoms with Crippen LogP contribution in [0.5, 0.6) is 5.75 Å². The first kappa shape index (κ1) is 19.8. The lowest BCUT2D eigenvalue weighted by molar-refractivity contribution is 0.105. The van der Waals surface area contributed by atoms with E-state index in [0.29, 0.717) is 19.8 Å². The standard InChI is InChI=1S/C20H29N3O3/c1-3-25-19-10-5-4-8-17(19)11-13-23-20(21-2)22-12-7-14-24-16-18-9-6-15-26-18/h4-6,8-10,15H,3,7,11-14,16H2,1-2H3,(H2,21,22,23). The van der Waals surface area contributed by atoms with Gasteiger partial charge in [-0.15, -0.1) is 0 Å². The van der Waals surface area contributed by atoms with Crippen molar-refractivity contribution in [3.05, 3.63) is 54.0 Å². The van der Waals surface area contributed by atoms with E-state index in [1.807, 2.05) is 37.3 Å². The number of guanidine groups is 1. The molecule has 26 heavy (non-hydrogen) atoms. The minimum Gasteiger partial charge on any atom is -0.494 e. The van der Waals surface area contributed by atoms with E-state index in [2.05, 4.69) is 21.7 Å². The molecule has 0 aliphatic carbocycles. The molecule has 0 unspecified atom stereocenters. The topological polar surface area (TPSA) is 68.0 Å².